The Bertz CT molecular complexity index is 555. The quantitative estimate of drug-likeness (QED) is 0.633. The second kappa shape index (κ2) is 6.85. The monoisotopic (exact) mass is 312 g/mol. The molecule has 0 saturated heterocycles. The summed E-state index contributed by atoms with van der Waals surface area (Å²) in [5.41, 5.74) is -0.797. The van der Waals surface area contributed by atoms with Crippen molar-refractivity contribution >= 4 is 11.9 Å². The second-order valence-corrected chi connectivity index (χ2v) is 5.63. The smallest absolute Gasteiger partial charge is 0.343 e. The van der Waals surface area contributed by atoms with Gasteiger partial charge in [-0.2, -0.15) is 0 Å². The fourth-order valence-electron chi connectivity index (χ4n) is 2.60. The molecule has 0 unspecified atom stereocenters. The number of carbonyl (C=O) groups is 2. The molecule has 22 heavy (non-hydrogen) atoms. The summed E-state index contributed by atoms with van der Waals surface area (Å²) in [4.78, 5) is 23.3. The van der Waals surface area contributed by atoms with Crippen LogP contribution in [0.4, 0.5) is 8.78 Å². The Labute approximate surface area is 127 Å². The van der Waals surface area contributed by atoms with Gasteiger partial charge in [0.25, 0.3) is 0 Å². The summed E-state index contributed by atoms with van der Waals surface area (Å²) in [5.74, 6) is -3.75. The van der Waals surface area contributed by atoms with Crippen LogP contribution < -0.4 is 4.74 Å². The van der Waals surface area contributed by atoms with E-state index >= 15 is 0 Å². The Morgan fingerprint density at radius 3 is 2.14 bits per heavy atom. The maximum atomic E-state index is 13.8. The standard InChI is InChI=1S/C16H18F2O4/c1-9-3-5-10(6-4-9)15(19)22-11-7-12(17)14(13(18)8-11)16(20)21-2/h7-10H,3-6H2,1-2H3. The zero-order valence-corrected chi connectivity index (χ0v) is 12.5. The minimum atomic E-state index is -1.12. The maximum Gasteiger partial charge on any atom is 0.343 e. The van der Waals surface area contributed by atoms with Crippen molar-refractivity contribution in [1.82, 2.24) is 0 Å². The zero-order chi connectivity index (χ0) is 16.3. The molecule has 1 aromatic rings. The first-order chi connectivity index (χ1) is 10.4. The van der Waals surface area contributed by atoms with Crippen molar-refractivity contribution in [3.63, 3.8) is 0 Å². The highest BCUT2D eigenvalue weighted by Crippen LogP contribution is 2.30. The largest absolute Gasteiger partial charge is 0.465 e. The highest BCUT2D eigenvalue weighted by atomic mass is 19.1. The van der Waals surface area contributed by atoms with Gasteiger partial charge in [0.15, 0.2) is 0 Å². The van der Waals surface area contributed by atoms with E-state index in [0.717, 1.165) is 32.1 Å². The molecular formula is C16H18F2O4. The van der Waals surface area contributed by atoms with Crippen LogP contribution in [0.3, 0.4) is 0 Å². The van der Waals surface area contributed by atoms with Gasteiger partial charge < -0.3 is 9.47 Å². The number of halogens is 2. The molecule has 0 aliphatic heterocycles. The molecule has 2 rings (SSSR count). The third-order valence-electron chi connectivity index (χ3n) is 3.97. The summed E-state index contributed by atoms with van der Waals surface area (Å²) >= 11 is 0. The minimum Gasteiger partial charge on any atom is -0.465 e. The normalized spacial score (nSPS) is 21.3. The van der Waals surface area contributed by atoms with Gasteiger partial charge in [-0.1, -0.05) is 6.92 Å². The fourth-order valence-corrected chi connectivity index (χ4v) is 2.60. The second-order valence-electron chi connectivity index (χ2n) is 5.63. The van der Waals surface area contributed by atoms with Crippen molar-refractivity contribution in [3.05, 3.63) is 29.3 Å². The molecule has 0 spiro atoms. The Morgan fingerprint density at radius 1 is 1.09 bits per heavy atom. The maximum absolute atomic E-state index is 13.8. The van der Waals surface area contributed by atoms with Gasteiger partial charge in [-0.25, -0.2) is 13.6 Å². The third kappa shape index (κ3) is 3.61. The van der Waals surface area contributed by atoms with Gasteiger partial charge in [-0.3, -0.25) is 4.79 Å². The van der Waals surface area contributed by atoms with E-state index in [0.29, 0.717) is 18.8 Å². The average Bonchev–Trinajstić information content (AvgIpc) is 2.46. The molecule has 0 radical (unpaired) electrons. The lowest BCUT2D eigenvalue weighted by Crippen LogP contribution is -2.25. The molecule has 1 saturated carbocycles. The lowest BCUT2D eigenvalue weighted by atomic mass is 9.83. The van der Waals surface area contributed by atoms with E-state index in [1.54, 1.807) is 0 Å². The van der Waals surface area contributed by atoms with Gasteiger partial charge in [0.2, 0.25) is 0 Å². The van der Waals surface area contributed by atoms with E-state index < -0.39 is 29.1 Å². The lowest BCUT2D eigenvalue weighted by Gasteiger charge is -2.24. The topological polar surface area (TPSA) is 52.6 Å². The molecule has 0 heterocycles. The Balaban J connectivity index is 2.10. The Hall–Kier alpha value is -1.98. The molecule has 1 fully saturated rings. The summed E-state index contributed by atoms with van der Waals surface area (Å²) in [5, 5.41) is 0. The van der Waals surface area contributed by atoms with E-state index in [1.165, 1.54) is 0 Å². The molecule has 1 aliphatic carbocycles. The summed E-state index contributed by atoms with van der Waals surface area (Å²) in [6.45, 7) is 2.12. The number of hydrogen-bond donors (Lipinski definition) is 0. The number of benzene rings is 1. The number of carbonyl (C=O) groups excluding carboxylic acids is 2. The van der Waals surface area contributed by atoms with Crippen LogP contribution in [0, 0.1) is 23.5 Å². The van der Waals surface area contributed by atoms with E-state index in [4.69, 9.17) is 4.74 Å². The third-order valence-corrected chi connectivity index (χ3v) is 3.97. The van der Waals surface area contributed by atoms with Crippen LogP contribution in [0.25, 0.3) is 0 Å². The number of methoxy groups -OCH3 is 1. The molecular weight excluding hydrogens is 294 g/mol. The van der Waals surface area contributed by atoms with Crippen molar-refractivity contribution in [2.75, 3.05) is 7.11 Å². The van der Waals surface area contributed by atoms with Crippen LogP contribution in [-0.2, 0) is 9.53 Å². The number of ether oxygens (including phenoxy) is 2. The van der Waals surface area contributed by atoms with Crippen molar-refractivity contribution in [3.8, 4) is 5.75 Å². The molecule has 0 bridgehead atoms. The molecule has 1 aromatic carbocycles. The molecule has 0 aromatic heterocycles. The fraction of sp³-hybridized carbons (Fsp3) is 0.500. The van der Waals surface area contributed by atoms with Crippen LogP contribution in [0.5, 0.6) is 5.75 Å². The number of rotatable bonds is 3. The number of hydrogen-bond acceptors (Lipinski definition) is 4. The molecule has 0 atom stereocenters. The Kier molecular flexibility index (Phi) is 5.11. The Morgan fingerprint density at radius 2 is 1.64 bits per heavy atom. The molecule has 6 heteroatoms. The van der Waals surface area contributed by atoms with Gasteiger partial charge in [0.1, 0.15) is 22.9 Å². The summed E-state index contributed by atoms with van der Waals surface area (Å²) < 4.78 is 36.9. The van der Waals surface area contributed by atoms with Crippen molar-refractivity contribution in [1.29, 1.82) is 0 Å². The summed E-state index contributed by atoms with van der Waals surface area (Å²) in [7, 11) is 1.03. The predicted octanol–water partition coefficient (Wildman–Crippen LogP) is 3.48. The van der Waals surface area contributed by atoms with Gasteiger partial charge in [0, 0.05) is 12.1 Å². The molecule has 0 amide bonds. The van der Waals surface area contributed by atoms with Crippen LogP contribution >= 0.6 is 0 Å². The van der Waals surface area contributed by atoms with E-state index in [1.807, 2.05) is 0 Å². The van der Waals surface area contributed by atoms with E-state index in [9.17, 15) is 18.4 Å². The first-order valence-corrected chi connectivity index (χ1v) is 7.21. The van der Waals surface area contributed by atoms with Crippen LogP contribution in [-0.4, -0.2) is 19.0 Å². The van der Waals surface area contributed by atoms with Gasteiger partial charge in [-0.15, -0.1) is 0 Å². The van der Waals surface area contributed by atoms with Crippen molar-refractivity contribution < 1.29 is 27.8 Å². The molecule has 4 nitrogen and oxygen atoms in total. The average molecular weight is 312 g/mol. The highest BCUT2D eigenvalue weighted by molar-refractivity contribution is 5.90. The molecule has 120 valence electrons. The molecule has 0 N–H and O–H groups in total. The van der Waals surface area contributed by atoms with Crippen molar-refractivity contribution in [2.24, 2.45) is 11.8 Å². The first kappa shape index (κ1) is 16.4. The summed E-state index contributed by atoms with van der Waals surface area (Å²) in [6.07, 6.45) is 3.30. The number of esters is 2. The van der Waals surface area contributed by atoms with Gasteiger partial charge >= 0.3 is 11.9 Å². The van der Waals surface area contributed by atoms with Crippen molar-refractivity contribution in [2.45, 2.75) is 32.6 Å². The van der Waals surface area contributed by atoms with Crippen LogP contribution in [0.2, 0.25) is 0 Å². The SMILES string of the molecule is COC(=O)c1c(F)cc(OC(=O)C2CCC(C)CC2)cc1F. The molecule has 1 aliphatic rings. The highest BCUT2D eigenvalue weighted by Gasteiger charge is 2.27. The van der Waals surface area contributed by atoms with Crippen LogP contribution in [0.15, 0.2) is 12.1 Å². The van der Waals surface area contributed by atoms with E-state index in [2.05, 4.69) is 11.7 Å². The first-order valence-electron chi connectivity index (χ1n) is 7.21. The van der Waals surface area contributed by atoms with E-state index in [-0.39, 0.29) is 11.7 Å². The lowest BCUT2D eigenvalue weighted by molar-refractivity contribution is -0.140. The summed E-state index contributed by atoms with van der Waals surface area (Å²) in [6, 6.07) is 1.64. The predicted molar refractivity (Wildman–Crippen MR) is 74.5 cm³/mol. The van der Waals surface area contributed by atoms with Gasteiger partial charge in [-0.05, 0) is 31.6 Å². The minimum absolute atomic E-state index is 0.244. The zero-order valence-electron chi connectivity index (χ0n) is 12.5. The van der Waals surface area contributed by atoms with Gasteiger partial charge in [0.05, 0.1) is 13.0 Å². The van der Waals surface area contributed by atoms with Crippen LogP contribution in [0.1, 0.15) is 43.0 Å².